The lowest BCUT2D eigenvalue weighted by Gasteiger charge is -2.17. The molecule has 0 aliphatic carbocycles. The molecule has 0 aliphatic rings. The second-order valence-corrected chi connectivity index (χ2v) is 6.81. The minimum absolute atomic E-state index is 0. The standard InChI is InChI=1S/C18H31FN4OS.HI/c1-4-20-18(22-11-12-23(2)13-14-24-3)21-10-5-15-25-17-8-6-16(19)7-9-17;/h6-9H,4-5,10-15H2,1-3H3,(H2,20,21,22);1H. The molecule has 0 unspecified atom stereocenters. The molecule has 0 heterocycles. The van der Waals surface area contributed by atoms with E-state index in [1.807, 2.05) is 12.1 Å². The number of rotatable bonds is 12. The van der Waals surface area contributed by atoms with Gasteiger partial charge in [-0.3, -0.25) is 4.99 Å². The fraction of sp³-hybridized carbons (Fsp3) is 0.611. The first-order valence-electron chi connectivity index (χ1n) is 8.73. The molecule has 150 valence electrons. The van der Waals surface area contributed by atoms with E-state index in [4.69, 9.17) is 4.74 Å². The van der Waals surface area contributed by atoms with E-state index in [1.165, 1.54) is 12.1 Å². The van der Waals surface area contributed by atoms with Gasteiger partial charge in [-0.05, 0) is 50.4 Å². The fourth-order valence-corrected chi connectivity index (χ4v) is 2.88. The van der Waals surface area contributed by atoms with Gasteiger partial charge in [0.1, 0.15) is 5.82 Å². The molecule has 1 aromatic carbocycles. The number of nitrogens with one attached hydrogen (secondary N) is 2. The number of aliphatic imine (C=N–C) groups is 1. The van der Waals surface area contributed by atoms with Gasteiger partial charge in [0.05, 0.1) is 6.61 Å². The SMILES string of the molecule is CCNC(=NCCCSc1ccc(F)cc1)NCCN(C)CCOC.I. The Hall–Kier alpha value is -0.580. The summed E-state index contributed by atoms with van der Waals surface area (Å²) in [6.07, 6.45) is 0.979. The lowest BCUT2D eigenvalue weighted by atomic mass is 10.4. The molecule has 0 amide bonds. The second kappa shape index (κ2) is 16.6. The van der Waals surface area contributed by atoms with Crippen molar-refractivity contribution in [3.05, 3.63) is 30.1 Å². The van der Waals surface area contributed by atoms with E-state index < -0.39 is 0 Å². The summed E-state index contributed by atoms with van der Waals surface area (Å²) in [5, 5.41) is 6.61. The zero-order valence-electron chi connectivity index (χ0n) is 16.0. The molecule has 26 heavy (non-hydrogen) atoms. The fourth-order valence-electron chi connectivity index (χ4n) is 2.04. The minimum atomic E-state index is -0.192. The Bertz CT molecular complexity index is 491. The predicted octanol–water partition coefficient (Wildman–Crippen LogP) is 3.06. The largest absolute Gasteiger partial charge is 0.383 e. The summed E-state index contributed by atoms with van der Waals surface area (Å²) in [6.45, 7) is 7.12. The van der Waals surface area contributed by atoms with E-state index >= 15 is 0 Å². The summed E-state index contributed by atoms with van der Waals surface area (Å²) in [4.78, 5) is 7.91. The number of methoxy groups -OCH3 is 1. The van der Waals surface area contributed by atoms with Gasteiger partial charge in [0.2, 0.25) is 0 Å². The van der Waals surface area contributed by atoms with E-state index in [9.17, 15) is 4.39 Å². The first-order chi connectivity index (χ1) is 12.2. The number of ether oxygens (including phenoxy) is 1. The van der Waals surface area contributed by atoms with Gasteiger partial charge in [-0.25, -0.2) is 4.39 Å². The van der Waals surface area contributed by atoms with Crippen molar-refractivity contribution in [1.29, 1.82) is 0 Å². The maximum atomic E-state index is 12.9. The van der Waals surface area contributed by atoms with Crippen molar-refractivity contribution < 1.29 is 9.13 Å². The molecule has 0 aliphatic heterocycles. The molecular weight excluding hydrogens is 466 g/mol. The van der Waals surface area contributed by atoms with Crippen molar-refractivity contribution in [2.75, 3.05) is 59.2 Å². The van der Waals surface area contributed by atoms with Crippen LogP contribution < -0.4 is 10.6 Å². The molecule has 5 nitrogen and oxygen atoms in total. The van der Waals surface area contributed by atoms with Crippen molar-refractivity contribution in [2.24, 2.45) is 4.99 Å². The lowest BCUT2D eigenvalue weighted by molar-refractivity contribution is 0.162. The molecule has 8 heteroatoms. The third kappa shape index (κ3) is 12.7. The van der Waals surface area contributed by atoms with Crippen LogP contribution in [0.1, 0.15) is 13.3 Å². The summed E-state index contributed by atoms with van der Waals surface area (Å²) in [5.74, 6) is 1.63. The zero-order valence-corrected chi connectivity index (χ0v) is 19.1. The van der Waals surface area contributed by atoms with Crippen LogP contribution in [0.2, 0.25) is 0 Å². The Morgan fingerprint density at radius 3 is 2.62 bits per heavy atom. The summed E-state index contributed by atoms with van der Waals surface area (Å²) >= 11 is 1.73. The number of halogens is 2. The van der Waals surface area contributed by atoms with Crippen LogP contribution >= 0.6 is 35.7 Å². The summed E-state index contributed by atoms with van der Waals surface area (Å²) in [5.41, 5.74) is 0. The molecule has 0 aromatic heterocycles. The monoisotopic (exact) mass is 498 g/mol. The molecule has 0 radical (unpaired) electrons. The molecule has 0 saturated heterocycles. The first-order valence-corrected chi connectivity index (χ1v) is 9.72. The van der Waals surface area contributed by atoms with E-state index in [-0.39, 0.29) is 29.8 Å². The highest BCUT2D eigenvalue weighted by molar-refractivity contribution is 14.0. The molecule has 1 rings (SSSR count). The number of guanidine groups is 1. The first kappa shape index (κ1) is 25.4. The van der Waals surface area contributed by atoms with E-state index in [2.05, 4.69) is 34.5 Å². The quantitative estimate of drug-likeness (QED) is 0.153. The highest BCUT2D eigenvalue weighted by atomic mass is 127. The van der Waals surface area contributed by atoms with Crippen molar-refractivity contribution in [3.8, 4) is 0 Å². The maximum absolute atomic E-state index is 12.9. The average molecular weight is 498 g/mol. The molecule has 0 spiro atoms. The summed E-state index contributed by atoms with van der Waals surface area (Å²) in [7, 11) is 3.80. The Balaban J connectivity index is 0.00000625. The average Bonchev–Trinajstić information content (AvgIpc) is 2.61. The number of likely N-dealkylation sites (N-methyl/N-ethyl adjacent to an activating group) is 1. The van der Waals surface area contributed by atoms with Gasteiger partial charge in [0.25, 0.3) is 0 Å². The van der Waals surface area contributed by atoms with Crippen molar-refractivity contribution in [3.63, 3.8) is 0 Å². The Morgan fingerprint density at radius 2 is 1.96 bits per heavy atom. The van der Waals surface area contributed by atoms with Gasteiger partial charge in [0.15, 0.2) is 5.96 Å². The molecule has 0 atom stereocenters. The zero-order chi connectivity index (χ0) is 18.3. The van der Waals surface area contributed by atoms with Gasteiger partial charge in [-0.2, -0.15) is 0 Å². The molecule has 2 N–H and O–H groups in total. The van der Waals surface area contributed by atoms with Crippen LogP contribution in [0, 0.1) is 5.82 Å². The Labute approximate surface area is 178 Å². The molecule has 1 aromatic rings. The van der Waals surface area contributed by atoms with Crippen LogP contribution in [0.5, 0.6) is 0 Å². The smallest absolute Gasteiger partial charge is 0.191 e. The number of benzene rings is 1. The van der Waals surface area contributed by atoms with Crippen molar-refractivity contribution >= 4 is 41.7 Å². The third-order valence-corrected chi connectivity index (χ3v) is 4.56. The number of hydrogen-bond acceptors (Lipinski definition) is 4. The Morgan fingerprint density at radius 1 is 1.23 bits per heavy atom. The highest BCUT2D eigenvalue weighted by Gasteiger charge is 2.00. The van der Waals surface area contributed by atoms with Gasteiger partial charge >= 0.3 is 0 Å². The van der Waals surface area contributed by atoms with E-state index in [1.54, 1.807) is 18.9 Å². The van der Waals surface area contributed by atoms with E-state index in [0.717, 1.165) is 62.4 Å². The summed E-state index contributed by atoms with van der Waals surface area (Å²) < 4.78 is 17.9. The third-order valence-electron chi connectivity index (χ3n) is 3.46. The normalized spacial score (nSPS) is 11.3. The van der Waals surface area contributed by atoms with Gasteiger partial charge in [-0.1, -0.05) is 0 Å². The van der Waals surface area contributed by atoms with Crippen LogP contribution in [0.4, 0.5) is 4.39 Å². The maximum Gasteiger partial charge on any atom is 0.191 e. The van der Waals surface area contributed by atoms with Crippen molar-refractivity contribution in [2.45, 2.75) is 18.2 Å². The summed E-state index contributed by atoms with van der Waals surface area (Å²) in [6, 6.07) is 6.62. The second-order valence-electron chi connectivity index (χ2n) is 5.64. The van der Waals surface area contributed by atoms with Gasteiger partial charge < -0.3 is 20.3 Å². The van der Waals surface area contributed by atoms with Crippen LogP contribution in [-0.4, -0.2) is 70.1 Å². The minimum Gasteiger partial charge on any atom is -0.383 e. The van der Waals surface area contributed by atoms with Crippen LogP contribution in [0.15, 0.2) is 34.2 Å². The van der Waals surface area contributed by atoms with Crippen LogP contribution in [0.3, 0.4) is 0 Å². The molecule has 0 bridgehead atoms. The molecular formula is C18H32FIN4OS. The van der Waals surface area contributed by atoms with Crippen molar-refractivity contribution in [1.82, 2.24) is 15.5 Å². The lowest BCUT2D eigenvalue weighted by Crippen LogP contribution is -2.41. The van der Waals surface area contributed by atoms with Crippen LogP contribution in [0.25, 0.3) is 0 Å². The molecule has 0 saturated carbocycles. The molecule has 0 fully saturated rings. The topological polar surface area (TPSA) is 48.9 Å². The van der Waals surface area contributed by atoms with E-state index in [0.29, 0.717) is 0 Å². The van der Waals surface area contributed by atoms with Crippen LogP contribution in [-0.2, 0) is 4.74 Å². The highest BCUT2D eigenvalue weighted by Crippen LogP contribution is 2.18. The Kier molecular flexibility index (Phi) is 16.2. The number of hydrogen-bond donors (Lipinski definition) is 2. The predicted molar refractivity (Wildman–Crippen MR) is 121 cm³/mol. The number of nitrogens with zero attached hydrogens (tertiary/aromatic N) is 2. The van der Waals surface area contributed by atoms with Gasteiger partial charge in [0, 0.05) is 44.7 Å². The number of thioether (sulfide) groups is 1. The van der Waals surface area contributed by atoms with Gasteiger partial charge in [-0.15, -0.1) is 35.7 Å².